The van der Waals surface area contributed by atoms with Crippen LogP contribution in [0.2, 0.25) is 0 Å². The van der Waals surface area contributed by atoms with Crippen LogP contribution in [-0.2, 0) is 10.2 Å². The molecule has 98 valence electrons. The van der Waals surface area contributed by atoms with Crippen molar-refractivity contribution in [3.8, 4) is 0 Å². The van der Waals surface area contributed by atoms with Crippen molar-refractivity contribution in [2.24, 2.45) is 5.73 Å². The maximum absolute atomic E-state index is 5.61. The molecule has 0 amide bonds. The van der Waals surface area contributed by atoms with Crippen molar-refractivity contribution >= 4 is 16.7 Å². The van der Waals surface area contributed by atoms with Gasteiger partial charge in [-0.25, -0.2) is 4.98 Å². The van der Waals surface area contributed by atoms with E-state index >= 15 is 0 Å². The molecule has 1 aromatic heterocycles. The Balaban J connectivity index is 2.76. The number of aromatic nitrogens is 2. The number of nitrogens with two attached hydrogens (primary N) is 1. The molecule has 0 saturated carbocycles. The van der Waals surface area contributed by atoms with Crippen LogP contribution in [0.15, 0.2) is 0 Å². The van der Waals surface area contributed by atoms with Crippen LogP contribution in [0.4, 0.5) is 5.13 Å². The molecule has 0 bridgehead atoms. The molecule has 1 aromatic rings. The molecule has 0 unspecified atom stereocenters. The quantitative estimate of drug-likeness (QED) is 0.832. The molecule has 2 N–H and O–H groups in total. The molecule has 0 aliphatic carbocycles. The van der Waals surface area contributed by atoms with Crippen molar-refractivity contribution in [3.05, 3.63) is 5.82 Å². The van der Waals surface area contributed by atoms with Crippen LogP contribution in [0, 0.1) is 0 Å². The molecular weight excluding hydrogens is 236 g/mol. The fourth-order valence-electron chi connectivity index (χ4n) is 1.31. The molecule has 17 heavy (non-hydrogen) atoms. The smallest absolute Gasteiger partial charge is 0.205 e. The van der Waals surface area contributed by atoms with Crippen LogP contribution in [0.1, 0.15) is 26.6 Å². The Morgan fingerprint density at radius 3 is 2.53 bits per heavy atom. The molecular formula is C11H22N4OS. The first kappa shape index (κ1) is 14.3. The minimum atomic E-state index is -0.00953. The number of hydrogen-bond acceptors (Lipinski definition) is 6. The van der Waals surface area contributed by atoms with Gasteiger partial charge in [-0.15, -0.1) is 0 Å². The normalized spacial score (nSPS) is 11.8. The first-order valence-corrected chi connectivity index (χ1v) is 6.54. The molecule has 6 heteroatoms. The van der Waals surface area contributed by atoms with Gasteiger partial charge in [-0.05, 0) is 0 Å². The van der Waals surface area contributed by atoms with Crippen LogP contribution >= 0.6 is 11.5 Å². The molecule has 5 nitrogen and oxygen atoms in total. The van der Waals surface area contributed by atoms with Crippen molar-refractivity contribution in [2.45, 2.75) is 26.2 Å². The Hall–Kier alpha value is -0.720. The van der Waals surface area contributed by atoms with Crippen LogP contribution in [-0.4, -0.2) is 42.7 Å². The molecule has 0 aliphatic heterocycles. The maximum Gasteiger partial charge on any atom is 0.205 e. The Morgan fingerprint density at radius 2 is 2.06 bits per heavy atom. The third-order valence-corrected chi connectivity index (χ3v) is 3.10. The van der Waals surface area contributed by atoms with Crippen molar-refractivity contribution in [1.82, 2.24) is 9.36 Å². The highest BCUT2D eigenvalue weighted by molar-refractivity contribution is 7.09. The van der Waals surface area contributed by atoms with Gasteiger partial charge in [-0.1, -0.05) is 20.8 Å². The van der Waals surface area contributed by atoms with Gasteiger partial charge >= 0.3 is 0 Å². The molecule has 1 heterocycles. The van der Waals surface area contributed by atoms with Crippen molar-refractivity contribution in [1.29, 1.82) is 0 Å². The first-order valence-electron chi connectivity index (χ1n) is 5.77. The lowest BCUT2D eigenvalue weighted by Gasteiger charge is -2.20. The summed E-state index contributed by atoms with van der Waals surface area (Å²) in [7, 11) is 1.70. The summed E-state index contributed by atoms with van der Waals surface area (Å²) >= 11 is 1.43. The predicted molar refractivity (Wildman–Crippen MR) is 71.8 cm³/mol. The molecule has 0 fully saturated rings. The largest absolute Gasteiger partial charge is 0.383 e. The van der Waals surface area contributed by atoms with E-state index in [0.29, 0.717) is 13.2 Å². The zero-order valence-corrected chi connectivity index (χ0v) is 11.9. The molecule has 1 rings (SSSR count). The van der Waals surface area contributed by atoms with Gasteiger partial charge in [-0.3, -0.25) is 0 Å². The molecule has 0 atom stereocenters. The van der Waals surface area contributed by atoms with Gasteiger partial charge in [0, 0.05) is 43.7 Å². The SMILES string of the molecule is COCCN(CCN)c1nc(C(C)(C)C)ns1. The second-order valence-electron chi connectivity index (χ2n) is 4.92. The summed E-state index contributed by atoms with van der Waals surface area (Å²) in [6, 6.07) is 0. The number of nitrogens with zero attached hydrogens (tertiary/aromatic N) is 3. The Bertz CT molecular complexity index is 334. The average Bonchev–Trinajstić information content (AvgIpc) is 2.72. The monoisotopic (exact) mass is 258 g/mol. The van der Waals surface area contributed by atoms with Gasteiger partial charge in [-0.2, -0.15) is 4.37 Å². The van der Waals surface area contributed by atoms with E-state index in [9.17, 15) is 0 Å². The average molecular weight is 258 g/mol. The molecule has 0 saturated heterocycles. The van der Waals surface area contributed by atoms with Crippen LogP contribution < -0.4 is 10.6 Å². The third kappa shape index (κ3) is 4.22. The topological polar surface area (TPSA) is 64.3 Å². The molecule has 0 aromatic carbocycles. The van der Waals surface area contributed by atoms with Gasteiger partial charge in [0.2, 0.25) is 5.13 Å². The third-order valence-electron chi connectivity index (χ3n) is 2.32. The van der Waals surface area contributed by atoms with E-state index in [1.54, 1.807) is 7.11 Å². The lowest BCUT2D eigenvalue weighted by atomic mass is 9.96. The van der Waals surface area contributed by atoms with Gasteiger partial charge in [0.15, 0.2) is 0 Å². The Morgan fingerprint density at radius 1 is 1.35 bits per heavy atom. The zero-order chi connectivity index (χ0) is 12.9. The minimum absolute atomic E-state index is 0.00953. The van der Waals surface area contributed by atoms with Gasteiger partial charge in [0.1, 0.15) is 5.82 Å². The number of anilines is 1. The second kappa shape index (κ2) is 6.28. The van der Waals surface area contributed by atoms with Crippen LogP contribution in [0.5, 0.6) is 0 Å². The summed E-state index contributed by atoms with van der Waals surface area (Å²) in [5.41, 5.74) is 5.60. The number of rotatable bonds is 6. The Kier molecular flexibility index (Phi) is 5.30. The highest BCUT2D eigenvalue weighted by atomic mass is 32.1. The highest BCUT2D eigenvalue weighted by Crippen LogP contribution is 2.25. The van der Waals surface area contributed by atoms with E-state index in [2.05, 4.69) is 35.0 Å². The number of methoxy groups -OCH3 is 1. The van der Waals surface area contributed by atoms with Crippen LogP contribution in [0.3, 0.4) is 0 Å². The highest BCUT2D eigenvalue weighted by Gasteiger charge is 2.21. The van der Waals surface area contributed by atoms with Crippen molar-refractivity contribution in [2.75, 3.05) is 38.3 Å². The minimum Gasteiger partial charge on any atom is -0.383 e. The van der Waals surface area contributed by atoms with E-state index in [4.69, 9.17) is 10.5 Å². The summed E-state index contributed by atoms with van der Waals surface area (Å²) in [5, 5.41) is 0.928. The van der Waals surface area contributed by atoms with Gasteiger partial charge in [0.25, 0.3) is 0 Å². The fraction of sp³-hybridized carbons (Fsp3) is 0.818. The summed E-state index contributed by atoms with van der Waals surface area (Å²) in [6.45, 7) is 9.19. The van der Waals surface area contributed by atoms with E-state index in [0.717, 1.165) is 24.0 Å². The summed E-state index contributed by atoms with van der Waals surface area (Å²) < 4.78 is 9.49. The first-order chi connectivity index (χ1) is 7.99. The summed E-state index contributed by atoms with van der Waals surface area (Å²) in [5.74, 6) is 0.886. The molecule has 0 radical (unpaired) electrons. The predicted octanol–water partition coefficient (Wildman–Crippen LogP) is 1.25. The fourth-order valence-corrected chi connectivity index (χ4v) is 2.22. The Labute approximate surface area is 107 Å². The number of ether oxygens (including phenoxy) is 1. The maximum atomic E-state index is 5.61. The standard InChI is InChI=1S/C11H22N4OS/c1-11(2,3)9-13-10(17-14-9)15(6-5-12)7-8-16-4/h5-8,12H2,1-4H3. The van der Waals surface area contributed by atoms with E-state index in [-0.39, 0.29) is 5.41 Å². The second-order valence-corrected chi connectivity index (χ2v) is 5.65. The lowest BCUT2D eigenvalue weighted by Crippen LogP contribution is -2.32. The van der Waals surface area contributed by atoms with Crippen molar-refractivity contribution < 1.29 is 4.74 Å². The van der Waals surface area contributed by atoms with Gasteiger partial charge < -0.3 is 15.4 Å². The summed E-state index contributed by atoms with van der Waals surface area (Å²) in [6.07, 6.45) is 0. The molecule has 0 spiro atoms. The molecule has 0 aliphatic rings. The van der Waals surface area contributed by atoms with E-state index in [1.807, 2.05) is 0 Å². The number of hydrogen-bond donors (Lipinski definition) is 1. The van der Waals surface area contributed by atoms with Crippen molar-refractivity contribution in [3.63, 3.8) is 0 Å². The lowest BCUT2D eigenvalue weighted by molar-refractivity contribution is 0.205. The van der Waals surface area contributed by atoms with Gasteiger partial charge in [0.05, 0.1) is 6.61 Å². The summed E-state index contributed by atoms with van der Waals surface area (Å²) in [4.78, 5) is 6.70. The zero-order valence-electron chi connectivity index (χ0n) is 11.1. The van der Waals surface area contributed by atoms with Crippen LogP contribution in [0.25, 0.3) is 0 Å². The van der Waals surface area contributed by atoms with E-state index < -0.39 is 0 Å². The van der Waals surface area contributed by atoms with E-state index in [1.165, 1.54) is 11.5 Å².